The van der Waals surface area contributed by atoms with E-state index < -0.39 is 0 Å². The summed E-state index contributed by atoms with van der Waals surface area (Å²) in [5, 5.41) is 0. The van der Waals surface area contributed by atoms with Crippen LogP contribution in [0.2, 0.25) is 0 Å². The molecule has 1 aromatic rings. The third kappa shape index (κ3) is 2.28. The molecular formula is C12H15NO. The average molecular weight is 189 g/mol. The van der Waals surface area contributed by atoms with Crippen LogP contribution < -0.4 is 0 Å². The predicted octanol–water partition coefficient (Wildman–Crippen LogP) is 2.85. The highest BCUT2D eigenvalue weighted by Gasteiger charge is 2.10. The van der Waals surface area contributed by atoms with E-state index >= 15 is 0 Å². The van der Waals surface area contributed by atoms with E-state index in [2.05, 4.69) is 11.6 Å². The molecule has 1 aromatic heterocycles. The summed E-state index contributed by atoms with van der Waals surface area (Å²) in [7, 11) is 0. The summed E-state index contributed by atoms with van der Waals surface area (Å²) in [6.45, 7) is 9.48. The highest BCUT2D eigenvalue weighted by Crippen LogP contribution is 2.10. The first-order valence-electron chi connectivity index (χ1n) is 4.72. The van der Waals surface area contributed by atoms with Crippen LogP contribution in [-0.4, -0.2) is 10.8 Å². The van der Waals surface area contributed by atoms with Gasteiger partial charge in [0.2, 0.25) is 5.78 Å². The minimum atomic E-state index is -0.0423. The van der Waals surface area contributed by atoms with Gasteiger partial charge in [0.25, 0.3) is 0 Å². The van der Waals surface area contributed by atoms with Gasteiger partial charge in [-0.05, 0) is 43.5 Å². The van der Waals surface area contributed by atoms with Crippen molar-refractivity contribution in [3.63, 3.8) is 0 Å². The first kappa shape index (κ1) is 10.6. The number of hydrogen-bond donors (Lipinski definition) is 0. The van der Waals surface area contributed by atoms with Gasteiger partial charge in [0.1, 0.15) is 5.69 Å². The van der Waals surface area contributed by atoms with Gasteiger partial charge in [0.05, 0.1) is 0 Å². The number of hydrogen-bond acceptors (Lipinski definition) is 2. The zero-order chi connectivity index (χ0) is 10.7. The molecule has 0 fully saturated rings. The summed E-state index contributed by atoms with van der Waals surface area (Å²) in [4.78, 5) is 15.9. The molecule has 0 unspecified atom stereocenters. The van der Waals surface area contributed by atoms with Crippen molar-refractivity contribution in [3.05, 3.63) is 41.2 Å². The van der Waals surface area contributed by atoms with Gasteiger partial charge in [-0.2, -0.15) is 0 Å². The fourth-order valence-electron chi connectivity index (χ4n) is 1.30. The quantitative estimate of drug-likeness (QED) is 0.540. The number of rotatable bonds is 3. The second-order valence-corrected chi connectivity index (χ2v) is 3.46. The number of Topliss-reactive ketones (excluding diaryl/α,β-unsaturated/α-hetero) is 1. The molecule has 2 heteroatoms. The van der Waals surface area contributed by atoms with Crippen LogP contribution in [0.15, 0.2) is 24.3 Å². The fourth-order valence-corrected chi connectivity index (χ4v) is 1.30. The number of carbonyl (C=O) groups is 1. The highest BCUT2D eigenvalue weighted by molar-refractivity contribution is 6.06. The molecule has 1 rings (SSSR count). The van der Waals surface area contributed by atoms with Gasteiger partial charge >= 0.3 is 0 Å². The van der Waals surface area contributed by atoms with E-state index in [-0.39, 0.29) is 5.78 Å². The Morgan fingerprint density at radius 2 is 2.07 bits per heavy atom. The summed E-state index contributed by atoms with van der Waals surface area (Å²) in [5.41, 5.74) is 3.05. The van der Waals surface area contributed by atoms with Crippen molar-refractivity contribution >= 4 is 5.78 Å². The predicted molar refractivity (Wildman–Crippen MR) is 57.5 cm³/mol. The van der Waals surface area contributed by atoms with Crippen LogP contribution in [0.3, 0.4) is 0 Å². The Kier molecular flexibility index (Phi) is 3.18. The maximum Gasteiger partial charge on any atom is 0.206 e. The number of aromatic nitrogens is 1. The molecule has 0 bridgehead atoms. The average Bonchev–Trinajstić information content (AvgIpc) is 2.14. The maximum absolute atomic E-state index is 11.7. The van der Waals surface area contributed by atoms with Crippen molar-refractivity contribution in [3.8, 4) is 0 Å². The third-order valence-corrected chi connectivity index (χ3v) is 2.08. The van der Waals surface area contributed by atoms with E-state index in [0.29, 0.717) is 17.7 Å². The molecule has 14 heavy (non-hydrogen) atoms. The molecule has 0 saturated heterocycles. The van der Waals surface area contributed by atoms with E-state index in [4.69, 9.17) is 0 Å². The van der Waals surface area contributed by atoms with Gasteiger partial charge in [-0.1, -0.05) is 13.5 Å². The fraction of sp³-hybridized carbons (Fsp3) is 0.333. The molecule has 2 nitrogen and oxygen atoms in total. The van der Waals surface area contributed by atoms with Crippen molar-refractivity contribution in [2.24, 2.45) is 0 Å². The van der Waals surface area contributed by atoms with Gasteiger partial charge in [0.15, 0.2) is 0 Å². The summed E-state index contributed by atoms with van der Waals surface area (Å²) >= 11 is 0. The third-order valence-electron chi connectivity index (χ3n) is 2.08. The first-order chi connectivity index (χ1) is 6.54. The van der Waals surface area contributed by atoms with Crippen LogP contribution in [0.5, 0.6) is 0 Å². The molecule has 0 aromatic carbocycles. The Labute approximate surface area is 84.7 Å². The SMILES string of the molecule is C=C(CC)C(=O)c1cc(C)cc(C)n1. The zero-order valence-corrected chi connectivity index (χ0v) is 8.92. The number of aryl methyl sites for hydroxylation is 2. The normalized spacial score (nSPS) is 9.93. The van der Waals surface area contributed by atoms with Crippen molar-refractivity contribution in [1.29, 1.82) is 0 Å². The van der Waals surface area contributed by atoms with Gasteiger partial charge in [-0.3, -0.25) is 4.79 Å². The topological polar surface area (TPSA) is 30.0 Å². The lowest BCUT2D eigenvalue weighted by Gasteiger charge is -2.03. The van der Waals surface area contributed by atoms with Crippen LogP contribution in [0, 0.1) is 13.8 Å². The van der Waals surface area contributed by atoms with Crippen LogP contribution >= 0.6 is 0 Å². The monoisotopic (exact) mass is 189 g/mol. The Bertz CT molecular complexity index is 360. The van der Waals surface area contributed by atoms with Gasteiger partial charge in [-0.15, -0.1) is 0 Å². The zero-order valence-electron chi connectivity index (χ0n) is 8.92. The number of pyridine rings is 1. The maximum atomic E-state index is 11.7. The second kappa shape index (κ2) is 4.18. The lowest BCUT2D eigenvalue weighted by Crippen LogP contribution is -2.05. The van der Waals surface area contributed by atoms with E-state index in [1.807, 2.05) is 26.8 Å². The van der Waals surface area contributed by atoms with Crippen LogP contribution in [0.4, 0.5) is 0 Å². The molecule has 0 atom stereocenters. The molecule has 0 N–H and O–H groups in total. The number of carbonyl (C=O) groups excluding carboxylic acids is 1. The molecule has 0 aliphatic heterocycles. The Morgan fingerprint density at radius 3 is 2.57 bits per heavy atom. The number of nitrogens with zero attached hydrogens (tertiary/aromatic N) is 1. The van der Waals surface area contributed by atoms with Gasteiger partial charge in [-0.25, -0.2) is 4.98 Å². The van der Waals surface area contributed by atoms with E-state index in [1.54, 1.807) is 6.07 Å². The lowest BCUT2D eigenvalue weighted by atomic mass is 10.1. The molecule has 74 valence electrons. The molecule has 0 aliphatic rings. The molecule has 0 saturated carbocycles. The molecular weight excluding hydrogens is 174 g/mol. The summed E-state index contributed by atoms with van der Waals surface area (Å²) < 4.78 is 0. The summed E-state index contributed by atoms with van der Waals surface area (Å²) in [6, 6.07) is 3.75. The van der Waals surface area contributed by atoms with Crippen molar-refractivity contribution < 1.29 is 4.79 Å². The van der Waals surface area contributed by atoms with Gasteiger partial charge in [0, 0.05) is 5.69 Å². The van der Waals surface area contributed by atoms with Gasteiger partial charge < -0.3 is 0 Å². The van der Waals surface area contributed by atoms with E-state index in [0.717, 1.165) is 11.3 Å². The van der Waals surface area contributed by atoms with Crippen LogP contribution in [-0.2, 0) is 0 Å². The molecule has 0 spiro atoms. The standard InChI is InChI=1S/C12H15NO/c1-5-9(3)12(14)11-7-8(2)6-10(4)13-11/h6-7H,3,5H2,1-2,4H3. The second-order valence-electron chi connectivity index (χ2n) is 3.46. The largest absolute Gasteiger partial charge is 0.287 e. The minimum absolute atomic E-state index is 0.0423. The summed E-state index contributed by atoms with van der Waals surface area (Å²) in [5.74, 6) is -0.0423. The molecule has 0 aliphatic carbocycles. The number of allylic oxidation sites excluding steroid dienone is 1. The van der Waals surface area contributed by atoms with Crippen LogP contribution in [0.25, 0.3) is 0 Å². The van der Waals surface area contributed by atoms with Crippen molar-refractivity contribution in [2.75, 3.05) is 0 Å². The number of ketones is 1. The molecule has 1 heterocycles. The highest BCUT2D eigenvalue weighted by atomic mass is 16.1. The lowest BCUT2D eigenvalue weighted by molar-refractivity contribution is 0.102. The van der Waals surface area contributed by atoms with E-state index in [9.17, 15) is 4.79 Å². The first-order valence-corrected chi connectivity index (χ1v) is 4.72. The molecule has 0 radical (unpaired) electrons. The Hall–Kier alpha value is -1.44. The van der Waals surface area contributed by atoms with Crippen molar-refractivity contribution in [2.45, 2.75) is 27.2 Å². The van der Waals surface area contributed by atoms with E-state index in [1.165, 1.54) is 0 Å². The Morgan fingerprint density at radius 1 is 1.43 bits per heavy atom. The van der Waals surface area contributed by atoms with Crippen LogP contribution in [0.1, 0.15) is 35.1 Å². The van der Waals surface area contributed by atoms with Crippen molar-refractivity contribution in [1.82, 2.24) is 4.98 Å². The Balaban J connectivity index is 3.07. The minimum Gasteiger partial charge on any atom is -0.287 e. The molecule has 0 amide bonds. The smallest absolute Gasteiger partial charge is 0.206 e. The summed E-state index contributed by atoms with van der Waals surface area (Å²) in [6.07, 6.45) is 0.674.